The van der Waals surface area contributed by atoms with Gasteiger partial charge >= 0.3 is 12.1 Å². The fraction of sp³-hybridized carbons (Fsp3) is 0.400. The molecule has 0 bridgehead atoms. The molecule has 2 unspecified atom stereocenters. The molecule has 1 aliphatic rings. The maximum absolute atomic E-state index is 12.8. The van der Waals surface area contributed by atoms with Gasteiger partial charge in [0.1, 0.15) is 18.7 Å². The first-order chi connectivity index (χ1) is 15.7. The molecule has 3 rings (SSSR count). The quantitative estimate of drug-likeness (QED) is 0.536. The zero-order chi connectivity index (χ0) is 24.1. The maximum atomic E-state index is 12.8. The van der Waals surface area contributed by atoms with Crippen molar-refractivity contribution in [1.29, 1.82) is 0 Å². The number of methoxy groups -OCH3 is 1. The Labute approximate surface area is 193 Å². The first kappa shape index (κ1) is 24.3. The van der Waals surface area contributed by atoms with Crippen LogP contribution in [0.1, 0.15) is 37.8 Å². The summed E-state index contributed by atoms with van der Waals surface area (Å²) < 4.78 is 10.7. The average molecular weight is 455 g/mol. The third-order valence-corrected chi connectivity index (χ3v) is 5.97. The fourth-order valence-corrected chi connectivity index (χ4v) is 4.06. The van der Waals surface area contributed by atoms with Crippen LogP contribution >= 0.6 is 0 Å². The van der Waals surface area contributed by atoms with Gasteiger partial charge < -0.3 is 25.2 Å². The summed E-state index contributed by atoms with van der Waals surface area (Å²) in [6, 6.07) is 13.8. The minimum Gasteiger partial charge on any atom is -0.480 e. The molecule has 0 fully saturated rings. The van der Waals surface area contributed by atoms with Gasteiger partial charge in [0.2, 0.25) is 5.91 Å². The summed E-state index contributed by atoms with van der Waals surface area (Å²) >= 11 is 0. The third-order valence-electron chi connectivity index (χ3n) is 5.97. The molecule has 0 saturated heterocycles. The van der Waals surface area contributed by atoms with Gasteiger partial charge in [-0.05, 0) is 35.1 Å². The Kier molecular flexibility index (Phi) is 7.71. The van der Waals surface area contributed by atoms with Crippen molar-refractivity contribution in [2.24, 2.45) is 5.92 Å². The van der Waals surface area contributed by atoms with Crippen LogP contribution < -0.4 is 10.6 Å². The molecule has 8 heteroatoms. The van der Waals surface area contributed by atoms with E-state index in [0.717, 1.165) is 22.3 Å². The number of benzene rings is 2. The lowest BCUT2D eigenvalue weighted by molar-refractivity contribution is -0.144. The number of fused-ring (bicyclic) bond motifs is 3. The van der Waals surface area contributed by atoms with Crippen molar-refractivity contribution in [3.63, 3.8) is 0 Å². The third kappa shape index (κ3) is 5.34. The Morgan fingerprint density at radius 3 is 1.94 bits per heavy atom. The summed E-state index contributed by atoms with van der Waals surface area (Å²) in [6.07, 6.45) is -1.48. The number of ether oxygens (including phenoxy) is 2. The van der Waals surface area contributed by atoms with Crippen LogP contribution in [0.3, 0.4) is 0 Å². The first-order valence-electron chi connectivity index (χ1n) is 10.9. The maximum Gasteiger partial charge on any atom is 0.407 e. The van der Waals surface area contributed by atoms with E-state index in [1.165, 1.54) is 7.11 Å². The molecule has 8 nitrogen and oxygen atoms in total. The zero-order valence-electron chi connectivity index (χ0n) is 19.2. The zero-order valence-corrected chi connectivity index (χ0v) is 19.2. The minimum absolute atomic E-state index is 0.0965. The van der Waals surface area contributed by atoms with Crippen LogP contribution in [0, 0.1) is 5.92 Å². The van der Waals surface area contributed by atoms with Crippen LogP contribution in [0.4, 0.5) is 4.79 Å². The van der Waals surface area contributed by atoms with Crippen molar-refractivity contribution in [2.45, 2.75) is 44.9 Å². The van der Waals surface area contributed by atoms with Crippen molar-refractivity contribution in [3.05, 3.63) is 59.7 Å². The molecule has 2 aromatic carbocycles. The van der Waals surface area contributed by atoms with E-state index in [1.807, 2.05) is 48.5 Å². The highest BCUT2D eigenvalue weighted by atomic mass is 16.5. The molecule has 2 aromatic rings. The predicted molar refractivity (Wildman–Crippen MR) is 123 cm³/mol. The molecule has 0 spiro atoms. The number of aliphatic carboxylic acids is 1. The molecule has 0 radical (unpaired) electrons. The summed E-state index contributed by atoms with van der Waals surface area (Å²) in [5, 5.41) is 14.4. The summed E-state index contributed by atoms with van der Waals surface area (Å²) in [5.74, 6) is -2.26. The number of carbonyl (C=O) groups is 3. The van der Waals surface area contributed by atoms with Crippen molar-refractivity contribution in [3.8, 4) is 11.1 Å². The van der Waals surface area contributed by atoms with E-state index in [9.17, 15) is 19.5 Å². The van der Waals surface area contributed by atoms with Crippen LogP contribution in [0.2, 0.25) is 0 Å². The lowest BCUT2D eigenvalue weighted by Crippen LogP contribution is -2.57. The van der Waals surface area contributed by atoms with Crippen LogP contribution in [0.25, 0.3) is 11.1 Å². The summed E-state index contributed by atoms with van der Waals surface area (Å²) in [4.78, 5) is 36.8. The monoisotopic (exact) mass is 454 g/mol. The number of carboxylic acid groups (broad SMARTS) is 1. The number of hydrogen-bond donors (Lipinski definition) is 3. The second-order valence-corrected chi connectivity index (χ2v) is 8.46. The van der Waals surface area contributed by atoms with E-state index >= 15 is 0 Å². The summed E-state index contributed by atoms with van der Waals surface area (Å²) in [5.41, 5.74) is 4.38. The minimum atomic E-state index is -1.15. The van der Waals surface area contributed by atoms with Gasteiger partial charge in [0.25, 0.3) is 0 Å². The van der Waals surface area contributed by atoms with E-state index in [4.69, 9.17) is 9.47 Å². The largest absolute Gasteiger partial charge is 0.480 e. The molecular weight excluding hydrogens is 424 g/mol. The number of carboxylic acids is 1. The standard InChI is InChI=1S/C25H30N2O6/c1-14(2)21(24(29)30)26-23(28)22(15(3)32-4)27-25(31)33-13-20-18-11-7-5-9-16(18)17-10-6-8-12-19(17)20/h5-12,14-15,20-22H,13H2,1-4H3,(H,26,28)(H,27,31)(H,29,30)/t15?,21-,22?/m0/s1. The van der Waals surface area contributed by atoms with Crippen molar-refractivity contribution < 1.29 is 29.0 Å². The Balaban J connectivity index is 1.69. The summed E-state index contributed by atoms with van der Waals surface area (Å²) in [6.45, 7) is 5.08. The van der Waals surface area contributed by atoms with Gasteiger partial charge in [-0.3, -0.25) is 4.79 Å². The molecule has 3 atom stereocenters. The molecule has 0 aromatic heterocycles. The highest BCUT2D eigenvalue weighted by molar-refractivity contribution is 5.90. The Bertz CT molecular complexity index is 976. The van der Waals surface area contributed by atoms with E-state index in [-0.39, 0.29) is 18.4 Å². The van der Waals surface area contributed by atoms with Crippen molar-refractivity contribution in [2.75, 3.05) is 13.7 Å². The van der Waals surface area contributed by atoms with Gasteiger partial charge in [0.15, 0.2) is 0 Å². The number of alkyl carbamates (subject to hydrolysis) is 1. The predicted octanol–water partition coefficient (Wildman–Crippen LogP) is 3.15. The number of amides is 2. The van der Waals surface area contributed by atoms with E-state index in [0.29, 0.717) is 0 Å². The highest BCUT2D eigenvalue weighted by Crippen LogP contribution is 2.44. The molecule has 0 aliphatic heterocycles. The van der Waals surface area contributed by atoms with Crippen molar-refractivity contribution in [1.82, 2.24) is 10.6 Å². The topological polar surface area (TPSA) is 114 Å². The first-order valence-corrected chi connectivity index (χ1v) is 10.9. The lowest BCUT2D eigenvalue weighted by Gasteiger charge is -2.26. The highest BCUT2D eigenvalue weighted by Gasteiger charge is 2.33. The summed E-state index contributed by atoms with van der Waals surface area (Å²) in [7, 11) is 1.40. The molecule has 33 heavy (non-hydrogen) atoms. The average Bonchev–Trinajstić information content (AvgIpc) is 3.12. The van der Waals surface area contributed by atoms with Gasteiger partial charge in [-0.2, -0.15) is 0 Å². The molecule has 1 aliphatic carbocycles. The SMILES string of the molecule is COC(C)C(NC(=O)OCC1c2ccccc2-c2ccccc21)C(=O)N[C@H](C(=O)O)C(C)C. The van der Waals surface area contributed by atoms with Crippen LogP contribution in [0.5, 0.6) is 0 Å². The second-order valence-electron chi connectivity index (χ2n) is 8.46. The van der Waals surface area contributed by atoms with E-state index in [2.05, 4.69) is 10.6 Å². The molecule has 3 N–H and O–H groups in total. The van der Waals surface area contributed by atoms with Gasteiger partial charge in [0.05, 0.1) is 6.10 Å². The fourth-order valence-electron chi connectivity index (χ4n) is 4.06. The number of hydrogen-bond acceptors (Lipinski definition) is 5. The van der Waals surface area contributed by atoms with Gasteiger partial charge in [-0.25, -0.2) is 9.59 Å². The van der Waals surface area contributed by atoms with Crippen LogP contribution in [0.15, 0.2) is 48.5 Å². The van der Waals surface area contributed by atoms with E-state index in [1.54, 1.807) is 20.8 Å². The Hall–Kier alpha value is -3.39. The van der Waals surface area contributed by atoms with Crippen LogP contribution in [-0.4, -0.2) is 55.0 Å². The van der Waals surface area contributed by atoms with Crippen molar-refractivity contribution >= 4 is 18.0 Å². The normalized spacial score (nSPS) is 15.2. The molecule has 176 valence electrons. The second kappa shape index (κ2) is 10.5. The molecular formula is C25H30N2O6. The van der Waals surface area contributed by atoms with Gasteiger partial charge in [-0.15, -0.1) is 0 Å². The molecule has 0 saturated carbocycles. The Morgan fingerprint density at radius 1 is 0.909 bits per heavy atom. The van der Waals surface area contributed by atoms with Gasteiger partial charge in [-0.1, -0.05) is 62.4 Å². The molecule has 2 amide bonds. The number of rotatable bonds is 9. The smallest absolute Gasteiger partial charge is 0.407 e. The van der Waals surface area contributed by atoms with Crippen LogP contribution in [-0.2, 0) is 19.1 Å². The number of nitrogens with one attached hydrogen (secondary N) is 2. The molecule has 0 heterocycles. The number of carbonyl (C=O) groups excluding carboxylic acids is 2. The van der Waals surface area contributed by atoms with Gasteiger partial charge in [0, 0.05) is 13.0 Å². The lowest BCUT2D eigenvalue weighted by atomic mass is 9.98. The van der Waals surface area contributed by atoms with E-state index < -0.39 is 36.2 Å². The Morgan fingerprint density at radius 2 is 1.45 bits per heavy atom.